The molecule has 0 aromatic heterocycles. The van der Waals surface area contributed by atoms with Crippen molar-refractivity contribution >= 4 is 5.97 Å². The van der Waals surface area contributed by atoms with E-state index in [9.17, 15) is 20.0 Å². The van der Waals surface area contributed by atoms with Gasteiger partial charge in [-0.15, -0.1) is 10.1 Å². The lowest BCUT2D eigenvalue weighted by Gasteiger charge is -2.06. The molecular formula is C12H15NO6. The predicted molar refractivity (Wildman–Crippen MR) is 65.3 cm³/mol. The number of hydrogen-bond donors (Lipinski definition) is 1. The van der Waals surface area contributed by atoms with Gasteiger partial charge in [-0.05, 0) is 43.5 Å². The van der Waals surface area contributed by atoms with Crippen molar-refractivity contribution in [1.29, 1.82) is 0 Å². The summed E-state index contributed by atoms with van der Waals surface area (Å²) in [5.41, 5.74) is 0.950. The lowest BCUT2D eigenvalue weighted by Crippen LogP contribution is -2.08. The van der Waals surface area contributed by atoms with Crippen LogP contribution in [0.2, 0.25) is 0 Å². The minimum atomic E-state index is -0.856. The zero-order valence-corrected chi connectivity index (χ0v) is 10.5. The van der Waals surface area contributed by atoms with E-state index in [0.29, 0.717) is 24.0 Å². The lowest BCUT2D eigenvalue weighted by molar-refractivity contribution is -0.757. The van der Waals surface area contributed by atoms with E-state index in [1.807, 2.05) is 0 Å². The maximum Gasteiger partial charge on any atom is 0.338 e. The molecule has 1 rings (SSSR count). The minimum absolute atomic E-state index is 0.0110. The molecule has 104 valence electrons. The summed E-state index contributed by atoms with van der Waals surface area (Å²) in [5.74, 6) is -0.369. The van der Waals surface area contributed by atoms with Crippen molar-refractivity contribution < 1.29 is 24.6 Å². The molecule has 0 atom stereocenters. The number of phenolic OH excluding ortho intramolecular Hbond substituents is 1. The van der Waals surface area contributed by atoms with Crippen molar-refractivity contribution in [3.05, 3.63) is 39.4 Å². The number of nitrogens with zero attached hydrogens (tertiary/aromatic N) is 1. The third kappa shape index (κ3) is 5.24. The van der Waals surface area contributed by atoms with Crippen molar-refractivity contribution in [2.45, 2.75) is 19.8 Å². The summed E-state index contributed by atoms with van der Waals surface area (Å²) in [6, 6.07) is 4.44. The van der Waals surface area contributed by atoms with E-state index in [-0.39, 0.29) is 19.0 Å². The van der Waals surface area contributed by atoms with E-state index in [4.69, 9.17) is 4.74 Å². The van der Waals surface area contributed by atoms with Gasteiger partial charge in [-0.2, -0.15) is 0 Å². The molecule has 0 aliphatic carbocycles. The fraction of sp³-hybridized carbons (Fsp3) is 0.417. The molecule has 0 heterocycles. The van der Waals surface area contributed by atoms with Gasteiger partial charge in [-0.3, -0.25) is 0 Å². The molecule has 7 nitrogen and oxygen atoms in total. The minimum Gasteiger partial charge on any atom is -0.508 e. The fourth-order valence-electron chi connectivity index (χ4n) is 1.37. The molecule has 0 saturated carbocycles. The molecule has 1 aromatic rings. The van der Waals surface area contributed by atoms with Gasteiger partial charge in [0.05, 0.1) is 18.8 Å². The summed E-state index contributed by atoms with van der Waals surface area (Å²) in [5, 5.41) is 18.3. The van der Waals surface area contributed by atoms with Gasteiger partial charge < -0.3 is 14.7 Å². The summed E-state index contributed by atoms with van der Waals surface area (Å²) in [4.78, 5) is 25.6. The van der Waals surface area contributed by atoms with Gasteiger partial charge in [0.15, 0.2) is 0 Å². The third-order valence-electron chi connectivity index (χ3n) is 2.40. The average Bonchev–Trinajstić information content (AvgIpc) is 2.36. The Bertz CT molecular complexity index is 460. The van der Waals surface area contributed by atoms with Crippen molar-refractivity contribution in [3.63, 3.8) is 0 Å². The van der Waals surface area contributed by atoms with E-state index in [0.717, 1.165) is 0 Å². The van der Waals surface area contributed by atoms with Crippen molar-refractivity contribution in [2.75, 3.05) is 13.2 Å². The molecule has 0 unspecified atom stereocenters. The second-order valence-electron chi connectivity index (χ2n) is 3.90. The quantitative estimate of drug-likeness (QED) is 0.351. The van der Waals surface area contributed by atoms with Gasteiger partial charge in [-0.25, -0.2) is 4.79 Å². The Balaban J connectivity index is 2.27. The average molecular weight is 269 g/mol. The second-order valence-corrected chi connectivity index (χ2v) is 3.90. The first kappa shape index (κ1) is 14.7. The molecule has 1 N–H and O–H groups in total. The topological polar surface area (TPSA) is 98.9 Å². The van der Waals surface area contributed by atoms with Gasteiger partial charge in [0.2, 0.25) is 0 Å². The molecule has 0 aliphatic rings. The first-order valence-corrected chi connectivity index (χ1v) is 5.74. The summed E-state index contributed by atoms with van der Waals surface area (Å²) >= 11 is 0. The highest BCUT2D eigenvalue weighted by Gasteiger charge is 2.08. The highest BCUT2D eigenvalue weighted by Crippen LogP contribution is 2.17. The van der Waals surface area contributed by atoms with Crippen molar-refractivity contribution in [3.8, 4) is 5.75 Å². The molecule has 0 amide bonds. The Kier molecular flexibility index (Phi) is 5.59. The second kappa shape index (κ2) is 7.20. The smallest absolute Gasteiger partial charge is 0.338 e. The summed E-state index contributed by atoms with van der Waals surface area (Å²) in [6.45, 7) is 1.84. The number of phenols is 1. The van der Waals surface area contributed by atoms with E-state index < -0.39 is 11.1 Å². The van der Waals surface area contributed by atoms with Crippen LogP contribution < -0.4 is 0 Å². The number of unbranched alkanes of at least 4 members (excludes halogenated alkanes) is 1. The number of hydrogen-bond acceptors (Lipinski definition) is 6. The van der Waals surface area contributed by atoms with Gasteiger partial charge in [0, 0.05) is 0 Å². The number of carbonyl (C=O) groups excluding carboxylic acids is 1. The number of aryl methyl sites for hydroxylation is 1. The van der Waals surface area contributed by atoms with E-state index in [2.05, 4.69) is 4.84 Å². The molecule has 0 radical (unpaired) electrons. The van der Waals surface area contributed by atoms with Crippen LogP contribution in [0.25, 0.3) is 0 Å². The van der Waals surface area contributed by atoms with Crippen LogP contribution in [0.4, 0.5) is 0 Å². The zero-order valence-electron chi connectivity index (χ0n) is 10.5. The molecular weight excluding hydrogens is 254 g/mol. The standard InChI is InChI=1S/C12H15NO6/c1-9-8-10(4-5-11(9)14)12(15)18-6-2-3-7-19-13(16)17/h4-5,8,14H,2-3,6-7H2,1H3. The van der Waals surface area contributed by atoms with E-state index in [1.54, 1.807) is 6.92 Å². The molecule has 0 bridgehead atoms. The number of benzene rings is 1. The number of carbonyl (C=O) groups is 1. The molecule has 1 aromatic carbocycles. The Morgan fingerprint density at radius 1 is 1.37 bits per heavy atom. The Hall–Kier alpha value is -2.31. The maximum absolute atomic E-state index is 11.6. The highest BCUT2D eigenvalue weighted by atomic mass is 16.9. The van der Waals surface area contributed by atoms with Gasteiger partial charge in [0.25, 0.3) is 5.09 Å². The van der Waals surface area contributed by atoms with Crippen LogP contribution in [0.3, 0.4) is 0 Å². The predicted octanol–water partition coefficient (Wildman–Crippen LogP) is 1.85. The first-order valence-electron chi connectivity index (χ1n) is 5.74. The zero-order chi connectivity index (χ0) is 14.3. The largest absolute Gasteiger partial charge is 0.508 e. The summed E-state index contributed by atoms with van der Waals surface area (Å²) in [6.07, 6.45) is 0.916. The first-order chi connectivity index (χ1) is 9.00. The summed E-state index contributed by atoms with van der Waals surface area (Å²) in [7, 11) is 0. The van der Waals surface area contributed by atoms with Crippen LogP contribution in [0, 0.1) is 17.0 Å². The van der Waals surface area contributed by atoms with Crippen LogP contribution >= 0.6 is 0 Å². The Morgan fingerprint density at radius 2 is 2.05 bits per heavy atom. The molecule has 19 heavy (non-hydrogen) atoms. The lowest BCUT2D eigenvalue weighted by atomic mass is 10.1. The fourth-order valence-corrected chi connectivity index (χ4v) is 1.37. The van der Waals surface area contributed by atoms with Crippen LogP contribution in [-0.4, -0.2) is 29.4 Å². The monoisotopic (exact) mass is 269 g/mol. The molecule has 0 fully saturated rings. The van der Waals surface area contributed by atoms with Crippen LogP contribution in [-0.2, 0) is 9.57 Å². The van der Waals surface area contributed by atoms with Crippen molar-refractivity contribution in [1.82, 2.24) is 0 Å². The van der Waals surface area contributed by atoms with E-state index >= 15 is 0 Å². The third-order valence-corrected chi connectivity index (χ3v) is 2.40. The molecule has 7 heteroatoms. The summed E-state index contributed by atoms with van der Waals surface area (Å²) < 4.78 is 4.98. The normalized spacial score (nSPS) is 9.95. The number of esters is 1. The molecule has 0 saturated heterocycles. The Labute approximate surface area is 109 Å². The maximum atomic E-state index is 11.6. The van der Waals surface area contributed by atoms with Crippen LogP contribution in [0.15, 0.2) is 18.2 Å². The van der Waals surface area contributed by atoms with E-state index in [1.165, 1.54) is 18.2 Å². The Morgan fingerprint density at radius 3 is 2.68 bits per heavy atom. The van der Waals surface area contributed by atoms with Gasteiger partial charge in [-0.1, -0.05) is 0 Å². The number of ether oxygens (including phenoxy) is 1. The number of aromatic hydroxyl groups is 1. The molecule has 0 spiro atoms. The SMILES string of the molecule is Cc1cc(C(=O)OCCCCO[N+](=O)[O-])ccc1O. The molecule has 0 aliphatic heterocycles. The van der Waals surface area contributed by atoms with Crippen LogP contribution in [0.1, 0.15) is 28.8 Å². The number of rotatable bonds is 7. The van der Waals surface area contributed by atoms with Gasteiger partial charge in [0.1, 0.15) is 5.75 Å². The van der Waals surface area contributed by atoms with Crippen molar-refractivity contribution in [2.24, 2.45) is 0 Å². The van der Waals surface area contributed by atoms with Crippen LogP contribution in [0.5, 0.6) is 5.75 Å². The van der Waals surface area contributed by atoms with Gasteiger partial charge >= 0.3 is 5.97 Å². The highest BCUT2D eigenvalue weighted by molar-refractivity contribution is 5.89.